The quantitative estimate of drug-likeness (QED) is 0.816. The smallest absolute Gasteiger partial charge is 0.241 e. The van der Waals surface area contributed by atoms with E-state index in [0.717, 1.165) is 0 Å². The lowest BCUT2D eigenvalue weighted by Crippen LogP contribution is -2.44. The second-order valence-electron chi connectivity index (χ2n) is 4.09. The summed E-state index contributed by atoms with van der Waals surface area (Å²) in [5.41, 5.74) is 0.0975. The molecule has 0 bridgehead atoms. The molecular weight excluding hydrogens is 297 g/mol. The summed E-state index contributed by atoms with van der Waals surface area (Å²) in [7, 11) is -3.93. The maximum absolute atomic E-state index is 12.5. The van der Waals surface area contributed by atoms with Crippen LogP contribution >= 0.6 is 0 Å². The van der Waals surface area contributed by atoms with Crippen molar-refractivity contribution in [1.29, 1.82) is 0 Å². The molecule has 0 saturated heterocycles. The molecule has 20 heavy (non-hydrogen) atoms. The Morgan fingerprint density at radius 1 is 1.30 bits per heavy atom. The summed E-state index contributed by atoms with van der Waals surface area (Å²) in [5, 5.41) is 5.43. The molecule has 1 atom stereocenters. The number of alkyl halides is 3. The average Bonchev–Trinajstić information content (AvgIpc) is 2.32. The summed E-state index contributed by atoms with van der Waals surface area (Å²) in [6.45, 7) is 1.55. The first-order valence-corrected chi connectivity index (χ1v) is 7.44. The summed E-state index contributed by atoms with van der Waals surface area (Å²) in [5.74, 6) is -0.644. The predicted molar refractivity (Wildman–Crippen MR) is 68.1 cm³/mol. The average molecular weight is 312 g/mol. The van der Waals surface area contributed by atoms with E-state index in [1.807, 2.05) is 0 Å². The van der Waals surface area contributed by atoms with Crippen LogP contribution in [0.15, 0.2) is 30.3 Å². The Labute approximate surface area is 115 Å². The number of rotatable bonds is 6. The Hall–Kier alpha value is -1.32. The van der Waals surface area contributed by atoms with Crippen molar-refractivity contribution in [3.05, 3.63) is 30.3 Å². The van der Waals surface area contributed by atoms with Crippen LogP contribution in [0.1, 0.15) is 13.3 Å². The molecule has 1 unspecified atom stereocenters. The van der Waals surface area contributed by atoms with Gasteiger partial charge < -0.3 is 0 Å². The largest absolute Gasteiger partial charge is 0.544 e. The Kier molecular flexibility index (Phi) is 5.37. The Balaban J connectivity index is 3.09. The fourth-order valence-corrected chi connectivity index (χ4v) is 2.55. The second kappa shape index (κ2) is 6.42. The van der Waals surface area contributed by atoms with Gasteiger partial charge in [0.2, 0.25) is 10.0 Å². The second-order valence-corrected chi connectivity index (χ2v) is 5.75. The molecule has 2 N–H and O–H groups in total. The number of hydrogen-bond donors (Lipinski definition) is 1. The maximum Gasteiger partial charge on any atom is 0.544 e. The van der Waals surface area contributed by atoms with E-state index in [0.29, 0.717) is 5.06 Å². The highest BCUT2D eigenvalue weighted by molar-refractivity contribution is 7.89. The van der Waals surface area contributed by atoms with Crippen LogP contribution in [-0.4, -0.2) is 26.6 Å². The molecule has 1 rings (SSSR count). The molecule has 5 nitrogen and oxygen atoms in total. The molecule has 9 heteroatoms. The molecule has 1 aromatic rings. The van der Waals surface area contributed by atoms with Gasteiger partial charge in [-0.25, -0.2) is 18.6 Å². The minimum absolute atomic E-state index is 0.0975. The zero-order chi connectivity index (χ0) is 15.4. The molecular formula is C11H15F3N2O3S. The van der Waals surface area contributed by atoms with Crippen LogP contribution in [0.2, 0.25) is 0 Å². The number of nitrogens with zero attached hydrogens (tertiary/aromatic N) is 1. The summed E-state index contributed by atoms with van der Waals surface area (Å²) < 4.78 is 59.7. The molecule has 0 aromatic heterocycles. The van der Waals surface area contributed by atoms with Gasteiger partial charge in [0.1, 0.15) is 0 Å². The lowest BCUT2D eigenvalue weighted by molar-refractivity contribution is -0.332. The van der Waals surface area contributed by atoms with Crippen LogP contribution in [0.25, 0.3) is 0 Å². The van der Waals surface area contributed by atoms with Crippen LogP contribution in [0.4, 0.5) is 18.9 Å². The van der Waals surface area contributed by atoms with Crippen molar-refractivity contribution in [2.45, 2.75) is 25.7 Å². The Morgan fingerprint density at radius 3 is 2.25 bits per heavy atom. The fourth-order valence-electron chi connectivity index (χ4n) is 1.64. The normalized spacial score (nSPS) is 14.1. The number of benzene rings is 1. The standard InChI is InChI=1S/C11H15F3N2O3S/c1-2-9(8-20(15,17)18)16(19-11(12,13)14)10-6-4-3-5-7-10/h3-7,9H,2,8H2,1H3,(H2,15,17,18). The summed E-state index contributed by atoms with van der Waals surface area (Å²) in [4.78, 5) is 3.94. The zero-order valence-corrected chi connectivity index (χ0v) is 11.5. The molecule has 0 saturated carbocycles. The molecule has 1 aromatic carbocycles. The molecule has 0 aliphatic rings. The number of sulfonamides is 1. The topological polar surface area (TPSA) is 72.6 Å². The van der Waals surface area contributed by atoms with Crippen molar-refractivity contribution in [2.75, 3.05) is 10.8 Å². The summed E-state index contributed by atoms with van der Waals surface area (Å²) >= 11 is 0. The van der Waals surface area contributed by atoms with Crippen molar-refractivity contribution in [3.8, 4) is 0 Å². The van der Waals surface area contributed by atoms with E-state index in [2.05, 4.69) is 4.84 Å². The third kappa shape index (κ3) is 5.76. The van der Waals surface area contributed by atoms with Gasteiger partial charge in [0, 0.05) is 0 Å². The molecule has 0 aliphatic heterocycles. The summed E-state index contributed by atoms with van der Waals surface area (Å²) in [6.07, 6.45) is -4.82. The van der Waals surface area contributed by atoms with E-state index >= 15 is 0 Å². The number of anilines is 1. The van der Waals surface area contributed by atoms with E-state index in [4.69, 9.17) is 5.14 Å². The first-order chi connectivity index (χ1) is 9.12. The zero-order valence-electron chi connectivity index (χ0n) is 10.7. The first kappa shape index (κ1) is 16.7. The highest BCUT2D eigenvalue weighted by Gasteiger charge is 2.37. The summed E-state index contributed by atoms with van der Waals surface area (Å²) in [6, 6.07) is 6.39. The molecule has 0 amide bonds. The van der Waals surface area contributed by atoms with Crippen LogP contribution < -0.4 is 10.2 Å². The van der Waals surface area contributed by atoms with Gasteiger partial charge in [0.15, 0.2) is 0 Å². The SMILES string of the molecule is CCC(CS(N)(=O)=O)N(OC(F)(F)F)c1ccccc1. The van der Waals surface area contributed by atoms with E-state index < -0.39 is 28.2 Å². The van der Waals surface area contributed by atoms with Crippen LogP contribution in [0.3, 0.4) is 0 Å². The molecule has 0 aliphatic carbocycles. The van der Waals surface area contributed by atoms with Crippen LogP contribution in [0, 0.1) is 0 Å². The number of primary sulfonamides is 1. The Morgan fingerprint density at radius 2 is 1.85 bits per heavy atom. The van der Waals surface area contributed by atoms with Gasteiger partial charge >= 0.3 is 6.36 Å². The van der Waals surface area contributed by atoms with Crippen molar-refractivity contribution in [3.63, 3.8) is 0 Å². The van der Waals surface area contributed by atoms with Gasteiger partial charge in [-0.05, 0) is 18.6 Å². The third-order valence-electron chi connectivity index (χ3n) is 2.44. The van der Waals surface area contributed by atoms with E-state index in [1.165, 1.54) is 24.3 Å². The van der Waals surface area contributed by atoms with Gasteiger partial charge in [0.25, 0.3) is 0 Å². The van der Waals surface area contributed by atoms with Crippen molar-refractivity contribution in [1.82, 2.24) is 0 Å². The molecule has 0 spiro atoms. The number of hydrogen-bond acceptors (Lipinski definition) is 4. The van der Waals surface area contributed by atoms with Crippen molar-refractivity contribution < 1.29 is 26.4 Å². The Bertz CT molecular complexity index is 519. The predicted octanol–water partition coefficient (Wildman–Crippen LogP) is 2.01. The third-order valence-corrected chi connectivity index (χ3v) is 3.29. The first-order valence-electron chi connectivity index (χ1n) is 5.73. The van der Waals surface area contributed by atoms with Gasteiger partial charge in [-0.3, -0.25) is 0 Å². The fraction of sp³-hybridized carbons (Fsp3) is 0.455. The van der Waals surface area contributed by atoms with E-state index in [-0.39, 0.29) is 12.1 Å². The van der Waals surface area contributed by atoms with E-state index in [9.17, 15) is 21.6 Å². The minimum Gasteiger partial charge on any atom is -0.241 e. The molecule has 0 fully saturated rings. The number of nitrogens with two attached hydrogens (primary N) is 1. The minimum atomic E-state index is -4.93. The number of hydroxylamine groups is 1. The van der Waals surface area contributed by atoms with E-state index in [1.54, 1.807) is 13.0 Å². The lowest BCUT2D eigenvalue weighted by atomic mass is 10.2. The van der Waals surface area contributed by atoms with Gasteiger partial charge in [-0.1, -0.05) is 25.1 Å². The maximum atomic E-state index is 12.5. The van der Waals surface area contributed by atoms with Crippen molar-refractivity contribution in [2.24, 2.45) is 5.14 Å². The lowest BCUT2D eigenvalue weighted by Gasteiger charge is -2.31. The van der Waals surface area contributed by atoms with Crippen LogP contribution in [0.5, 0.6) is 0 Å². The molecule has 114 valence electrons. The molecule has 0 radical (unpaired) electrons. The highest BCUT2D eigenvalue weighted by Crippen LogP contribution is 2.26. The van der Waals surface area contributed by atoms with Crippen molar-refractivity contribution >= 4 is 15.7 Å². The van der Waals surface area contributed by atoms with Gasteiger partial charge in [-0.15, -0.1) is 13.2 Å². The monoisotopic (exact) mass is 312 g/mol. The number of halogens is 3. The van der Waals surface area contributed by atoms with Gasteiger partial charge in [0.05, 0.1) is 17.5 Å². The number of para-hydroxylation sites is 1. The molecule has 0 heterocycles. The highest BCUT2D eigenvalue weighted by atomic mass is 32.2. The van der Waals surface area contributed by atoms with Gasteiger partial charge in [-0.2, -0.15) is 4.84 Å². The van der Waals surface area contributed by atoms with Crippen LogP contribution in [-0.2, 0) is 14.9 Å².